The highest BCUT2D eigenvalue weighted by Gasteiger charge is 2.19. The number of hydrogen-bond donors (Lipinski definition) is 3. The fraction of sp³-hybridized carbons (Fsp3) is 0.161. The van der Waals surface area contributed by atoms with Crippen molar-refractivity contribution < 1.29 is 9.59 Å². The van der Waals surface area contributed by atoms with Gasteiger partial charge in [-0.1, -0.05) is 78.9 Å². The number of hydrogen-bond acceptors (Lipinski definition) is 3. The number of nitrogens with one attached hydrogen (secondary N) is 3. The summed E-state index contributed by atoms with van der Waals surface area (Å²) in [4.78, 5) is 27.2. The molecule has 37 heavy (non-hydrogen) atoms. The minimum absolute atomic E-state index is 0.0405. The summed E-state index contributed by atoms with van der Waals surface area (Å²) in [5.74, 6) is -0.0405. The summed E-state index contributed by atoms with van der Waals surface area (Å²) in [7, 11) is 0. The van der Waals surface area contributed by atoms with Crippen molar-refractivity contribution >= 4 is 23.3 Å². The first-order valence-electron chi connectivity index (χ1n) is 12.5. The van der Waals surface area contributed by atoms with Crippen LogP contribution in [0.25, 0.3) is 0 Å². The van der Waals surface area contributed by atoms with Crippen LogP contribution in [0.5, 0.6) is 0 Å². The van der Waals surface area contributed by atoms with E-state index in [0.717, 1.165) is 36.4 Å². The molecule has 0 bridgehead atoms. The first-order chi connectivity index (χ1) is 18.1. The lowest BCUT2D eigenvalue weighted by Crippen LogP contribution is -2.24. The van der Waals surface area contributed by atoms with Crippen molar-refractivity contribution in [1.82, 2.24) is 10.2 Å². The molecule has 0 radical (unpaired) electrons. The molecule has 4 aromatic rings. The Bertz CT molecular complexity index is 1360. The van der Waals surface area contributed by atoms with Crippen molar-refractivity contribution in [2.24, 2.45) is 0 Å². The van der Waals surface area contributed by atoms with Gasteiger partial charge in [0, 0.05) is 37.6 Å². The monoisotopic (exact) mass is 490 g/mol. The highest BCUT2D eigenvalue weighted by Crippen LogP contribution is 2.27. The molecule has 6 heteroatoms. The SMILES string of the molecule is O=C(Cc1ccc(NC(=O)Nc2ccc3c(c2)CN(Cc2ccccc2)C3)cc1)NCc1ccccc1. The number of urea groups is 1. The Morgan fingerprint density at radius 2 is 1.27 bits per heavy atom. The lowest BCUT2D eigenvalue weighted by Gasteiger charge is -2.14. The highest BCUT2D eigenvalue weighted by atomic mass is 16.2. The van der Waals surface area contributed by atoms with Crippen LogP contribution in [0.3, 0.4) is 0 Å². The van der Waals surface area contributed by atoms with Gasteiger partial charge in [-0.15, -0.1) is 0 Å². The molecule has 1 aliphatic heterocycles. The summed E-state index contributed by atoms with van der Waals surface area (Å²) in [6.45, 7) is 3.19. The predicted molar refractivity (Wildman–Crippen MR) is 147 cm³/mol. The van der Waals surface area contributed by atoms with E-state index in [1.54, 1.807) is 0 Å². The molecule has 0 spiro atoms. The molecule has 5 rings (SSSR count). The summed E-state index contributed by atoms with van der Waals surface area (Å²) in [6, 6.07) is 33.4. The minimum atomic E-state index is -0.299. The zero-order valence-electron chi connectivity index (χ0n) is 20.6. The molecule has 0 fully saturated rings. The molecular weight excluding hydrogens is 460 g/mol. The minimum Gasteiger partial charge on any atom is -0.352 e. The van der Waals surface area contributed by atoms with Crippen LogP contribution in [0, 0.1) is 0 Å². The van der Waals surface area contributed by atoms with Crippen molar-refractivity contribution in [2.75, 3.05) is 10.6 Å². The van der Waals surface area contributed by atoms with Gasteiger partial charge in [0.25, 0.3) is 0 Å². The van der Waals surface area contributed by atoms with Crippen LogP contribution in [0.4, 0.5) is 16.2 Å². The van der Waals surface area contributed by atoms with E-state index < -0.39 is 0 Å². The summed E-state index contributed by atoms with van der Waals surface area (Å²) in [5.41, 5.74) is 7.22. The van der Waals surface area contributed by atoms with Crippen LogP contribution in [0.2, 0.25) is 0 Å². The number of nitrogens with zero attached hydrogens (tertiary/aromatic N) is 1. The van der Waals surface area contributed by atoms with E-state index in [0.29, 0.717) is 12.2 Å². The molecule has 4 aromatic carbocycles. The summed E-state index contributed by atoms with van der Waals surface area (Å²) < 4.78 is 0. The van der Waals surface area contributed by atoms with Crippen LogP contribution >= 0.6 is 0 Å². The normalized spacial score (nSPS) is 12.5. The summed E-state index contributed by atoms with van der Waals surface area (Å²) in [6.07, 6.45) is 0.287. The topological polar surface area (TPSA) is 73.5 Å². The van der Waals surface area contributed by atoms with Crippen molar-refractivity contribution in [3.8, 4) is 0 Å². The van der Waals surface area contributed by atoms with Gasteiger partial charge in [0.2, 0.25) is 5.91 Å². The molecule has 6 nitrogen and oxygen atoms in total. The van der Waals surface area contributed by atoms with E-state index in [1.807, 2.05) is 66.7 Å². The fourth-order valence-corrected chi connectivity index (χ4v) is 4.54. The van der Waals surface area contributed by atoms with Gasteiger partial charge in [-0.3, -0.25) is 9.69 Å². The fourth-order valence-electron chi connectivity index (χ4n) is 4.54. The number of carbonyl (C=O) groups excluding carboxylic acids is 2. The number of fused-ring (bicyclic) bond motifs is 1. The Morgan fingerprint density at radius 3 is 2.00 bits per heavy atom. The summed E-state index contributed by atoms with van der Waals surface area (Å²) in [5, 5.41) is 8.73. The van der Waals surface area contributed by atoms with Gasteiger partial charge >= 0.3 is 6.03 Å². The van der Waals surface area contributed by atoms with Crippen molar-refractivity contribution in [3.63, 3.8) is 0 Å². The van der Waals surface area contributed by atoms with E-state index in [4.69, 9.17) is 0 Å². The standard InChI is InChI=1S/C31H30N4O2/c36-30(32-19-24-7-3-1-4-8-24)17-23-11-14-28(15-12-23)33-31(37)34-29-16-13-26-21-35(22-27(26)18-29)20-25-9-5-2-6-10-25/h1-16,18H,17,19-22H2,(H,32,36)(H2,33,34,37). The first-order valence-corrected chi connectivity index (χ1v) is 12.5. The van der Waals surface area contributed by atoms with Gasteiger partial charge in [0.1, 0.15) is 0 Å². The molecule has 3 N–H and O–H groups in total. The maximum absolute atomic E-state index is 12.6. The third-order valence-corrected chi connectivity index (χ3v) is 6.41. The van der Waals surface area contributed by atoms with Crippen LogP contribution in [-0.2, 0) is 37.4 Å². The smallest absolute Gasteiger partial charge is 0.323 e. The number of benzene rings is 4. The molecular formula is C31H30N4O2. The quantitative estimate of drug-likeness (QED) is 0.296. The lowest BCUT2D eigenvalue weighted by atomic mass is 10.1. The summed E-state index contributed by atoms with van der Waals surface area (Å²) >= 11 is 0. The van der Waals surface area contributed by atoms with Crippen LogP contribution in [0.15, 0.2) is 103 Å². The average molecular weight is 491 g/mol. The van der Waals surface area contributed by atoms with Gasteiger partial charge in [0.15, 0.2) is 0 Å². The third-order valence-electron chi connectivity index (χ3n) is 6.41. The molecule has 0 atom stereocenters. The van der Waals surface area contributed by atoms with Gasteiger partial charge < -0.3 is 16.0 Å². The van der Waals surface area contributed by atoms with Crippen molar-refractivity contribution in [3.05, 3.63) is 131 Å². The molecule has 0 unspecified atom stereocenters. The largest absolute Gasteiger partial charge is 0.352 e. The average Bonchev–Trinajstić information content (AvgIpc) is 3.31. The molecule has 0 saturated carbocycles. The molecule has 186 valence electrons. The van der Waals surface area contributed by atoms with Gasteiger partial charge in [0.05, 0.1) is 6.42 Å². The highest BCUT2D eigenvalue weighted by molar-refractivity contribution is 5.99. The van der Waals surface area contributed by atoms with Gasteiger partial charge in [-0.25, -0.2) is 4.79 Å². The number of amides is 3. The zero-order valence-corrected chi connectivity index (χ0v) is 20.6. The number of carbonyl (C=O) groups is 2. The second kappa shape index (κ2) is 11.5. The Balaban J connectivity index is 1.09. The first kappa shape index (κ1) is 24.3. The van der Waals surface area contributed by atoms with E-state index in [9.17, 15) is 9.59 Å². The Kier molecular flexibility index (Phi) is 7.58. The second-order valence-electron chi connectivity index (χ2n) is 9.33. The zero-order chi connectivity index (χ0) is 25.5. The Hall–Kier alpha value is -4.42. The number of rotatable bonds is 8. The molecule has 1 aliphatic rings. The third kappa shape index (κ3) is 6.84. The van der Waals surface area contributed by atoms with E-state index >= 15 is 0 Å². The molecule has 0 saturated heterocycles. The number of anilines is 2. The molecule has 0 aromatic heterocycles. The maximum Gasteiger partial charge on any atom is 0.323 e. The Labute approximate surface area is 217 Å². The van der Waals surface area contributed by atoms with Gasteiger partial charge in [-0.05, 0) is 52.1 Å². The van der Waals surface area contributed by atoms with Crippen molar-refractivity contribution in [1.29, 1.82) is 0 Å². The van der Waals surface area contributed by atoms with Crippen molar-refractivity contribution in [2.45, 2.75) is 32.6 Å². The molecule has 1 heterocycles. The second-order valence-corrected chi connectivity index (χ2v) is 9.33. The van der Waals surface area contributed by atoms with Crippen LogP contribution in [-0.4, -0.2) is 16.8 Å². The molecule has 0 aliphatic carbocycles. The van der Waals surface area contributed by atoms with E-state index in [2.05, 4.69) is 57.2 Å². The maximum atomic E-state index is 12.6. The lowest BCUT2D eigenvalue weighted by molar-refractivity contribution is -0.120. The molecule has 3 amide bonds. The van der Waals surface area contributed by atoms with E-state index in [1.165, 1.54) is 16.7 Å². The predicted octanol–water partition coefficient (Wildman–Crippen LogP) is 5.71. The van der Waals surface area contributed by atoms with Crippen LogP contribution < -0.4 is 16.0 Å². The van der Waals surface area contributed by atoms with E-state index in [-0.39, 0.29) is 18.4 Å². The van der Waals surface area contributed by atoms with Crippen LogP contribution in [0.1, 0.15) is 27.8 Å². The van der Waals surface area contributed by atoms with Gasteiger partial charge in [-0.2, -0.15) is 0 Å². The Morgan fingerprint density at radius 1 is 0.649 bits per heavy atom.